The zero-order valence-electron chi connectivity index (χ0n) is 11.3. The van der Waals surface area contributed by atoms with E-state index in [4.69, 9.17) is 4.43 Å². The van der Waals surface area contributed by atoms with Crippen LogP contribution in [0.2, 0.25) is 18.6 Å². The van der Waals surface area contributed by atoms with Crippen molar-refractivity contribution in [2.45, 2.75) is 37.5 Å². The normalized spacial score (nSPS) is 16.9. The zero-order chi connectivity index (χ0) is 16.2. The number of alkyl halides is 3. The van der Waals surface area contributed by atoms with Crippen molar-refractivity contribution in [1.82, 2.24) is 0 Å². The molecule has 0 aromatic heterocycles. The molecule has 0 aliphatic rings. The Morgan fingerprint density at radius 2 is 1.70 bits per heavy atom. The molecule has 0 saturated carbocycles. The molecule has 0 bridgehead atoms. The second-order valence-electron chi connectivity index (χ2n) is 4.39. The minimum atomic E-state index is -6.02. The molecule has 0 aromatic carbocycles. The maximum atomic E-state index is 12.0. The first-order chi connectivity index (χ1) is 8.79. The minimum Gasteiger partial charge on any atom is -0.428 e. The highest BCUT2D eigenvalue weighted by Gasteiger charge is 2.40. The van der Waals surface area contributed by atoms with Gasteiger partial charge in [0.1, 0.15) is 0 Å². The first-order valence-electron chi connectivity index (χ1n) is 5.62. The lowest BCUT2D eigenvalue weighted by Crippen LogP contribution is -2.32. The van der Waals surface area contributed by atoms with Crippen LogP contribution in [0.25, 0.3) is 4.13 Å². The first kappa shape index (κ1) is 19.8. The van der Waals surface area contributed by atoms with E-state index in [1.54, 1.807) is 0 Å². The molecule has 0 heterocycles. The summed E-state index contributed by atoms with van der Waals surface area (Å²) < 4.78 is 87.2. The van der Waals surface area contributed by atoms with Gasteiger partial charge in [0.2, 0.25) is 0 Å². The third kappa shape index (κ3) is 6.07. The lowest BCUT2D eigenvalue weighted by Gasteiger charge is -2.25. The number of halogens is 3. The fourth-order valence-electron chi connectivity index (χ4n) is 1.28. The smallest absolute Gasteiger partial charge is 0.428 e. The van der Waals surface area contributed by atoms with Crippen LogP contribution in [0.1, 0.15) is 13.3 Å². The molecule has 0 rings (SSSR count). The topological polar surface area (TPSA) is 91.6 Å². The van der Waals surface area contributed by atoms with E-state index in [2.05, 4.69) is 0 Å². The van der Waals surface area contributed by atoms with Gasteiger partial charge in [0, 0.05) is 12.9 Å². The third-order valence-electron chi connectivity index (χ3n) is 2.85. The molecule has 1 unspecified atom stereocenters. The Labute approximate surface area is 117 Å². The summed E-state index contributed by atoms with van der Waals surface area (Å²) in [7, 11) is -11.3. The van der Waals surface area contributed by atoms with Gasteiger partial charge in [-0.25, -0.2) is 16.8 Å². The Hall–Kier alpha value is -0.173. The van der Waals surface area contributed by atoms with E-state index in [-0.39, 0.29) is 6.42 Å². The molecule has 0 fully saturated rings. The van der Waals surface area contributed by atoms with Crippen molar-refractivity contribution in [2.24, 2.45) is 0 Å². The van der Waals surface area contributed by atoms with E-state index in [1.165, 1.54) is 7.11 Å². The lowest BCUT2D eigenvalue weighted by atomic mass is 10.6. The van der Waals surface area contributed by atoms with Crippen LogP contribution in [0.4, 0.5) is 13.2 Å². The fraction of sp³-hybridized carbons (Fsp3) is 1.00. The van der Waals surface area contributed by atoms with Gasteiger partial charge in [-0.15, -0.1) is 0 Å². The molecular formula is C8H17F3NO5S2Si-. The van der Waals surface area contributed by atoms with Crippen LogP contribution in [0.3, 0.4) is 0 Å². The van der Waals surface area contributed by atoms with Crippen LogP contribution in [-0.2, 0) is 24.5 Å². The van der Waals surface area contributed by atoms with Gasteiger partial charge < -0.3 is 8.55 Å². The molecule has 0 aliphatic heterocycles. The second kappa shape index (κ2) is 6.73. The summed E-state index contributed by atoms with van der Waals surface area (Å²) in [5.41, 5.74) is -5.71. The van der Waals surface area contributed by atoms with E-state index in [0.29, 0.717) is 12.1 Å². The van der Waals surface area contributed by atoms with Gasteiger partial charge in [-0.1, -0.05) is 6.92 Å². The van der Waals surface area contributed by atoms with Crippen molar-refractivity contribution in [3.63, 3.8) is 0 Å². The van der Waals surface area contributed by atoms with Gasteiger partial charge in [-0.05, 0) is 25.1 Å². The largest absolute Gasteiger partial charge is 0.480 e. The van der Waals surface area contributed by atoms with Crippen molar-refractivity contribution in [1.29, 1.82) is 0 Å². The Balaban J connectivity index is 4.66. The monoisotopic (exact) mass is 356 g/mol. The molecule has 1 atom stereocenters. The summed E-state index contributed by atoms with van der Waals surface area (Å²) in [6.07, 6.45) is 0.00358. The number of hydrogen-bond donors (Lipinski definition) is 0. The predicted octanol–water partition coefficient (Wildman–Crippen LogP) is 2.17. The second-order valence-corrected chi connectivity index (χ2v) is 12.5. The summed E-state index contributed by atoms with van der Waals surface area (Å²) in [5, 5.41) is 0. The van der Waals surface area contributed by atoms with Gasteiger partial charge in [0.25, 0.3) is 0 Å². The predicted molar refractivity (Wildman–Crippen MR) is 70.7 cm³/mol. The van der Waals surface area contributed by atoms with Crippen molar-refractivity contribution in [2.75, 3.05) is 12.9 Å². The molecule has 20 heavy (non-hydrogen) atoms. The quantitative estimate of drug-likeness (QED) is 0.622. The summed E-state index contributed by atoms with van der Waals surface area (Å²) >= 11 is 0. The first-order valence-corrected chi connectivity index (χ1v) is 11.5. The van der Waals surface area contributed by atoms with Crippen molar-refractivity contribution in [3.05, 3.63) is 4.13 Å². The van der Waals surface area contributed by atoms with Crippen LogP contribution in [-0.4, -0.2) is 43.5 Å². The van der Waals surface area contributed by atoms with Crippen molar-refractivity contribution in [3.8, 4) is 0 Å². The van der Waals surface area contributed by atoms with Gasteiger partial charge in [0.15, 0.2) is 18.3 Å². The number of rotatable bonds is 8. The van der Waals surface area contributed by atoms with Crippen LogP contribution in [0, 0.1) is 0 Å². The molecule has 0 aliphatic carbocycles. The van der Waals surface area contributed by atoms with Gasteiger partial charge >= 0.3 is 5.51 Å². The highest BCUT2D eigenvalue weighted by atomic mass is 32.3. The summed E-state index contributed by atoms with van der Waals surface area (Å²) in [6, 6.07) is 1.10. The average Bonchev–Trinajstić information content (AvgIpc) is 2.25. The maximum absolute atomic E-state index is 12.0. The highest BCUT2D eigenvalue weighted by molar-refractivity contribution is 8.12. The highest BCUT2D eigenvalue weighted by Crippen LogP contribution is 2.30. The minimum absolute atomic E-state index is 0.00358. The molecule has 122 valence electrons. The van der Waals surface area contributed by atoms with Gasteiger partial charge in [-0.3, -0.25) is 0 Å². The zero-order valence-corrected chi connectivity index (χ0v) is 13.9. The van der Waals surface area contributed by atoms with Crippen molar-refractivity contribution < 1.29 is 34.4 Å². The molecule has 12 heteroatoms. The maximum Gasteiger partial charge on any atom is 0.480 e. The Bertz CT molecular complexity index is 513. The lowest BCUT2D eigenvalue weighted by molar-refractivity contribution is -0.0425. The molecule has 0 amide bonds. The summed E-state index contributed by atoms with van der Waals surface area (Å²) in [6.45, 7) is 3.71. The number of hydrogen-bond acceptors (Lipinski definition) is 5. The van der Waals surface area contributed by atoms with E-state index >= 15 is 0 Å². The fourth-order valence-corrected chi connectivity index (χ4v) is 5.65. The standard InChI is InChI=1S/C8H17F3NO5S2Si/c1-4-20(3,17-2)7-5-6-18(13,14)12-19(15,16)8(9,10)11/h4-7H2,1-3H3/q-1. The Morgan fingerprint density at radius 3 is 2.05 bits per heavy atom. The molecule has 0 spiro atoms. The molecule has 0 saturated heterocycles. The van der Waals surface area contributed by atoms with Crippen LogP contribution < -0.4 is 0 Å². The number of sulfonamides is 2. The Morgan fingerprint density at radius 1 is 1.20 bits per heavy atom. The van der Waals surface area contributed by atoms with Gasteiger partial charge in [0.05, 0.1) is 10.0 Å². The molecule has 0 N–H and O–H groups in total. The SMILES string of the molecule is CC[Si](C)(CCCS(=O)(=O)[N-]S(=O)(=O)C(F)(F)F)OC. The molecule has 6 nitrogen and oxygen atoms in total. The molecule has 0 radical (unpaired) electrons. The van der Waals surface area contributed by atoms with E-state index in [0.717, 1.165) is 0 Å². The third-order valence-corrected chi connectivity index (χ3v) is 9.83. The van der Waals surface area contributed by atoms with Crippen molar-refractivity contribution >= 4 is 28.4 Å². The summed E-state index contributed by atoms with van der Waals surface area (Å²) in [5.74, 6) is -0.756. The molecule has 0 aromatic rings. The van der Waals surface area contributed by atoms with Crippen LogP contribution in [0.5, 0.6) is 0 Å². The average molecular weight is 356 g/mol. The van der Waals surface area contributed by atoms with E-state index in [1.807, 2.05) is 17.6 Å². The number of nitrogens with zero attached hydrogens (tertiary/aromatic N) is 1. The Kier molecular flexibility index (Phi) is 6.67. The van der Waals surface area contributed by atoms with Crippen LogP contribution >= 0.6 is 0 Å². The molecular weight excluding hydrogens is 339 g/mol. The van der Waals surface area contributed by atoms with E-state index < -0.39 is 39.6 Å². The van der Waals surface area contributed by atoms with Crippen LogP contribution in [0.15, 0.2) is 0 Å². The van der Waals surface area contributed by atoms with Gasteiger partial charge in [-0.2, -0.15) is 13.2 Å². The summed E-state index contributed by atoms with van der Waals surface area (Å²) in [4.78, 5) is 0. The van der Waals surface area contributed by atoms with E-state index in [9.17, 15) is 30.0 Å².